The van der Waals surface area contributed by atoms with Gasteiger partial charge in [-0.1, -0.05) is 0 Å². The summed E-state index contributed by atoms with van der Waals surface area (Å²) >= 11 is 0. The Labute approximate surface area is 189 Å². The fourth-order valence-corrected chi connectivity index (χ4v) is 5.19. The van der Waals surface area contributed by atoms with E-state index in [-0.39, 0.29) is 71.2 Å². The number of aliphatic hydroxyl groups excluding tert-OH is 2. The number of fused-ring (bicyclic) bond motifs is 2. The Morgan fingerprint density at radius 1 is 0.606 bits per heavy atom. The number of hydrogen-bond acceptors (Lipinski definition) is 8. The smallest absolute Gasteiger partial charge is 0.261 e. The van der Waals surface area contributed by atoms with E-state index in [4.69, 9.17) is 10.2 Å². The molecule has 2 aliphatic rings. The number of sulfone groups is 1. The molecule has 33 heavy (non-hydrogen) atoms. The summed E-state index contributed by atoms with van der Waals surface area (Å²) in [6.07, 6.45) is 0.404. The second kappa shape index (κ2) is 8.50. The second-order valence-corrected chi connectivity index (χ2v) is 9.55. The highest BCUT2D eigenvalue weighted by Gasteiger charge is 2.38. The topological polar surface area (TPSA) is 149 Å². The van der Waals surface area contributed by atoms with Crippen molar-refractivity contribution in [3.63, 3.8) is 0 Å². The second-order valence-electron chi connectivity index (χ2n) is 7.60. The third kappa shape index (κ3) is 3.63. The molecule has 0 radical (unpaired) electrons. The zero-order chi connectivity index (χ0) is 23.9. The first kappa shape index (κ1) is 22.8. The molecule has 0 atom stereocenters. The summed E-state index contributed by atoms with van der Waals surface area (Å²) in [5.74, 6) is -2.40. The molecule has 2 aliphatic heterocycles. The van der Waals surface area contributed by atoms with Crippen molar-refractivity contribution in [2.45, 2.75) is 22.6 Å². The van der Waals surface area contributed by atoms with Crippen molar-refractivity contribution in [3.05, 3.63) is 58.7 Å². The number of benzene rings is 2. The summed E-state index contributed by atoms with van der Waals surface area (Å²) in [7, 11) is -4.18. The third-order valence-electron chi connectivity index (χ3n) is 5.58. The predicted molar refractivity (Wildman–Crippen MR) is 112 cm³/mol. The molecule has 0 saturated heterocycles. The minimum Gasteiger partial charge on any atom is -0.396 e. The van der Waals surface area contributed by atoms with E-state index in [2.05, 4.69) is 0 Å². The first-order valence-electron chi connectivity index (χ1n) is 10.2. The van der Waals surface area contributed by atoms with Crippen LogP contribution in [-0.2, 0) is 9.84 Å². The first-order valence-corrected chi connectivity index (χ1v) is 11.7. The molecule has 0 fully saturated rings. The van der Waals surface area contributed by atoms with Crippen LogP contribution < -0.4 is 0 Å². The lowest BCUT2D eigenvalue weighted by molar-refractivity contribution is 0.0629. The van der Waals surface area contributed by atoms with Gasteiger partial charge >= 0.3 is 0 Å². The van der Waals surface area contributed by atoms with Crippen molar-refractivity contribution in [1.29, 1.82) is 0 Å². The summed E-state index contributed by atoms with van der Waals surface area (Å²) in [6, 6.07) is 7.20. The molecule has 10 nitrogen and oxygen atoms in total. The van der Waals surface area contributed by atoms with E-state index in [0.29, 0.717) is 0 Å². The normalized spacial score (nSPS) is 15.5. The van der Waals surface area contributed by atoms with E-state index in [1.54, 1.807) is 0 Å². The Hall–Kier alpha value is -3.41. The van der Waals surface area contributed by atoms with Crippen LogP contribution in [0.25, 0.3) is 0 Å². The molecule has 2 aromatic rings. The Morgan fingerprint density at radius 3 is 1.33 bits per heavy atom. The highest BCUT2D eigenvalue weighted by molar-refractivity contribution is 7.91. The third-order valence-corrected chi connectivity index (χ3v) is 7.33. The Morgan fingerprint density at radius 2 is 0.970 bits per heavy atom. The number of carbonyl (C=O) groups is 4. The lowest BCUT2D eigenvalue weighted by Gasteiger charge is -2.12. The van der Waals surface area contributed by atoms with Crippen LogP contribution in [0.1, 0.15) is 54.3 Å². The van der Waals surface area contributed by atoms with E-state index in [9.17, 15) is 27.6 Å². The minimum atomic E-state index is -4.18. The molecule has 0 spiro atoms. The van der Waals surface area contributed by atoms with Crippen molar-refractivity contribution in [2.75, 3.05) is 26.3 Å². The Kier molecular flexibility index (Phi) is 5.87. The van der Waals surface area contributed by atoms with Gasteiger partial charge in [0, 0.05) is 26.3 Å². The summed E-state index contributed by atoms with van der Waals surface area (Å²) in [5, 5.41) is 17.9. The van der Waals surface area contributed by atoms with Crippen LogP contribution in [0.5, 0.6) is 0 Å². The molecular formula is C22H20N2O8S. The van der Waals surface area contributed by atoms with Crippen molar-refractivity contribution in [2.24, 2.45) is 0 Å². The highest BCUT2D eigenvalue weighted by Crippen LogP contribution is 2.31. The van der Waals surface area contributed by atoms with E-state index in [1.807, 2.05) is 0 Å². The van der Waals surface area contributed by atoms with Crippen LogP contribution in [0.4, 0.5) is 0 Å². The van der Waals surface area contributed by atoms with Crippen LogP contribution >= 0.6 is 0 Å². The predicted octanol–water partition coefficient (Wildman–Crippen LogP) is 0.476. The van der Waals surface area contributed by atoms with Gasteiger partial charge in [-0.05, 0) is 49.2 Å². The fraction of sp³-hybridized carbons (Fsp3) is 0.273. The van der Waals surface area contributed by atoms with Crippen LogP contribution in [0.2, 0.25) is 0 Å². The van der Waals surface area contributed by atoms with Gasteiger partial charge in [0.25, 0.3) is 23.6 Å². The van der Waals surface area contributed by atoms with Gasteiger partial charge in [0.15, 0.2) is 0 Å². The maximum absolute atomic E-state index is 13.2. The average molecular weight is 472 g/mol. The van der Waals surface area contributed by atoms with Crippen LogP contribution in [0, 0.1) is 0 Å². The van der Waals surface area contributed by atoms with Gasteiger partial charge in [-0.2, -0.15) is 0 Å². The molecule has 0 aromatic heterocycles. The van der Waals surface area contributed by atoms with Gasteiger partial charge in [-0.25, -0.2) is 8.42 Å². The van der Waals surface area contributed by atoms with Crippen LogP contribution in [0.15, 0.2) is 46.2 Å². The Bertz CT molecular complexity index is 1210. The molecular weight excluding hydrogens is 452 g/mol. The van der Waals surface area contributed by atoms with E-state index < -0.39 is 33.5 Å². The molecule has 2 heterocycles. The molecule has 172 valence electrons. The minimum absolute atomic E-state index is 0.0126. The van der Waals surface area contributed by atoms with Crippen molar-refractivity contribution in [1.82, 2.24) is 9.80 Å². The molecule has 2 N–H and O–H groups in total. The molecule has 11 heteroatoms. The maximum Gasteiger partial charge on any atom is 0.261 e. The highest BCUT2D eigenvalue weighted by atomic mass is 32.2. The Balaban J connectivity index is 1.68. The summed E-state index contributed by atoms with van der Waals surface area (Å²) in [4.78, 5) is 51.5. The van der Waals surface area contributed by atoms with Crippen molar-refractivity contribution in [3.8, 4) is 0 Å². The number of imide groups is 2. The average Bonchev–Trinajstić information content (AvgIpc) is 3.20. The summed E-state index contributed by atoms with van der Waals surface area (Å²) in [5.41, 5.74) is 0.0421. The van der Waals surface area contributed by atoms with Gasteiger partial charge in [-0.3, -0.25) is 29.0 Å². The number of aliphatic hydroxyl groups is 2. The molecule has 4 amide bonds. The van der Waals surface area contributed by atoms with Crippen LogP contribution in [-0.4, -0.2) is 78.4 Å². The van der Waals surface area contributed by atoms with Gasteiger partial charge in [-0.15, -0.1) is 0 Å². The number of carbonyl (C=O) groups excluding carboxylic acids is 4. The van der Waals surface area contributed by atoms with Gasteiger partial charge in [0.1, 0.15) is 0 Å². The van der Waals surface area contributed by atoms with E-state index in [1.165, 1.54) is 24.3 Å². The number of rotatable bonds is 8. The van der Waals surface area contributed by atoms with Gasteiger partial charge in [0.2, 0.25) is 9.84 Å². The fourth-order valence-electron chi connectivity index (χ4n) is 3.87. The number of nitrogens with zero attached hydrogens (tertiary/aromatic N) is 2. The molecule has 0 aliphatic carbocycles. The van der Waals surface area contributed by atoms with Gasteiger partial charge < -0.3 is 10.2 Å². The van der Waals surface area contributed by atoms with Crippen LogP contribution in [0.3, 0.4) is 0 Å². The molecule has 0 saturated carbocycles. The zero-order valence-electron chi connectivity index (χ0n) is 17.4. The SMILES string of the molecule is O=C1c2ccc(S(=O)(=O)c3ccc4c(c3)C(=O)N(CCCO)C4=O)cc2C(=O)N1CCCO. The summed E-state index contributed by atoms with van der Waals surface area (Å²) in [6.45, 7) is -0.384. The number of hydrogen-bond donors (Lipinski definition) is 2. The lowest BCUT2D eigenvalue weighted by Crippen LogP contribution is -2.31. The van der Waals surface area contributed by atoms with Crippen molar-refractivity contribution >= 4 is 33.5 Å². The molecule has 0 bridgehead atoms. The number of amides is 4. The standard InChI is InChI=1S/C22H20N2O8S/c25-9-1-7-23-19(27)15-5-3-13(11-17(15)21(23)29)33(31,32)14-4-6-16-18(12-14)22(30)24(20(16)28)8-2-10-26/h3-6,11-12,25-26H,1-2,7-10H2. The maximum atomic E-state index is 13.2. The van der Waals surface area contributed by atoms with Gasteiger partial charge in [0.05, 0.1) is 32.0 Å². The van der Waals surface area contributed by atoms with Crippen molar-refractivity contribution < 1.29 is 37.8 Å². The van der Waals surface area contributed by atoms with E-state index in [0.717, 1.165) is 21.9 Å². The summed E-state index contributed by atoms with van der Waals surface area (Å²) < 4.78 is 26.5. The zero-order valence-corrected chi connectivity index (χ0v) is 18.2. The lowest BCUT2D eigenvalue weighted by atomic mass is 10.1. The monoisotopic (exact) mass is 472 g/mol. The molecule has 2 aromatic carbocycles. The quantitative estimate of drug-likeness (QED) is 0.527. The first-order chi connectivity index (χ1) is 15.7. The molecule has 0 unspecified atom stereocenters. The molecule has 4 rings (SSSR count). The largest absolute Gasteiger partial charge is 0.396 e. The van der Waals surface area contributed by atoms with E-state index >= 15 is 0 Å².